The van der Waals surface area contributed by atoms with Crippen LogP contribution in [0.4, 0.5) is 17.6 Å². The number of halogens is 5. The largest absolute Gasteiger partial charge is 0.419 e. The Morgan fingerprint density at radius 3 is 2.58 bits per heavy atom. The Morgan fingerprint density at radius 2 is 2.00 bits per heavy atom. The predicted molar refractivity (Wildman–Crippen MR) is 63.6 cm³/mol. The molecule has 0 heterocycles. The van der Waals surface area contributed by atoms with Crippen LogP contribution in [0.15, 0.2) is 30.4 Å². The quantitative estimate of drug-likeness (QED) is 0.515. The molecule has 0 atom stereocenters. The van der Waals surface area contributed by atoms with E-state index in [4.69, 9.17) is 11.6 Å². The lowest BCUT2D eigenvalue weighted by Gasteiger charge is -2.09. The molecule has 1 aromatic carbocycles. The van der Waals surface area contributed by atoms with Gasteiger partial charge in [-0.2, -0.15) is 13.2 Å². The number of benzene rings is 1. The molecule has 0 saturated heterocycles. The van der Waals surface area contributed by atoms with Crippen LogP contribution >= 0.6 is 11.6 Å². The smallest absolute Gasteiger partial charge is 0.349 e. The fourth-order valence-electron chi connectivity index (χ4n) is 1.28. The summed E-state index contributed by atoms with van der Waals surface area (Å²) in [5.74, 6) is -1.86. The van der Waals surface area contributed by atoms with Gasteiger partial charge >= 0.3 is 6.18 Å². The molecule has 2 nitrogen and oxygen atoms in total. The third kappa shape index (κ3) is 4.55. The van der Waals surface area contributed by atoms with Crippen molar-refractivity contribution in [1.29, 1.82) is 0 Å². The third-order valence-corrected chi connectivity index (χ3v) is 2.35. The van der Waals surface area contributed by atoms with Crippen LogP contribution in [0.2, 0.25) is 0 Å². The number of hydrogen-bond acceptors (Lipinski definition) is 1. The van der Waals surface area contributed by atoms with Crippen LogP contribution in [-0.4, -0.2) is 18.3 Å². The van der Waals surface area contributed by atoms with Crippen LogP contribution in [0, 0.1) is 5.82 Å². The number of carbonyl (C=O) groups excluding carboxylic acids is 1. The van der Waals surface area contributed by atoms with Gasteiger partial charge in [-0.1, -0.05) is 12.2 Å². The highest BCUT2D eigenvalue weighted by Crippen LogP contribution is 2.31. The summed E-state index contributed by atoms with van der Waals surface area (Å²) >= 11 is 5.36. The predicted octanol–water partition coefficient (Wildman–Crippen LogP) is 3.37. The first-order chi connectivity index (χ1) is 8.86. The third-order valence-electron chi connectivity index (χ3n) is 2.17. The van der Waals surface area contributed by atoms with Crippen molar-refractivity contribution in [2.75, 3.05) is 12.4 Å². The molecule has 0 bridgehead atoms. The molecule has 1 amide bonds. The van der Waals surface area contributed by atoms with Crippen molar-refractivity contribution < 1.29 is 22.4 Å². The minimum Gasteiger partial charge on any atom is -0.349 e. The van der Waals surface area contributed by atoms with E-state index in [9.17, 15) is 22.4 Å². The highest BCUT2D eigenvalue weighted by atomic mass is 35.5. The second-order valence-electron chi connectivity index (χ2n) is 3.53. The monoisotopic (exact) mass is 295 g/mol. The Hall–Kier alpha value is -1.56. The molecular formula is C12H10ClF4NO. The van der Waals surface area contributed by atoms with Gasteiger partial charge in [0.2, 0.25) is 0 Å². The van der Waals surface area contributed by atoms with Crippen molar-refractivity contribution in [1.82, 2.24) is 5.32 Å². The summed E-state index contributed by atoms with van der Waals surface area (Å²) in [6.45, 7) is 0.129. The zero-order chi connectivity index (χ0) is 14.5. The lowest BCUT2D eigenvalue weighted by Crippen LogP contribution is -2.24. The maximum absolute atomic E-state index is 13.0. The molecule has 7 heteroatoms. The summed E-state index contributed by atoms with van der Waals surface area (Å²) in [5.41, 5.74) is -1.72. The molecule has 1 aromatic rings. The van der Waals surface area contributed by atoms with E-state index in [2.05, 4.69) is 5.32 Å². The maximum atomic E-state index is 13.0. The van der Waals surface area contributed by atoms with Gasteiger partial charge in [0.05, 0.1) is 5.56 Å². The van der Waals surface area contributed by atoms with E-state index in [0.29, 0.717) is 12.1 Å². The topological polar surface area (TPSA) is 29.1 Å². The molecule has 0 spiro atoms. The van der Waals surface area contributed by atoms with Crippen molar-refractivity contribution in [3.05, 3.63) is 47.3 Å². The molecular weight excluding hydrogens is 286 g/mol. The van der Waals surface area contributed by atoms with Crippen LogP contribution in [0.1, 0.15) is 15.9 Å². The summed E-state index contributed by atoms with van der Waals surface area (Å²) in [4.78, 5) is 11.5. The van der Waals surface area contributed by atoms with Crippen LogP contribution in [0.3, 0.4) is 0 Å². The lowest BCUT2D eigenvalue weighted by molar-refractivity contribution is -0.140. The fourth-order valence-corrected chi connectivity index (χ4v) is 1.41. The minimum atomic E-state index is -4.83. The summed E-state index contributed by atoms with van der Waals surface area (Å²) in [6.07, 6.45) is -1.70. The normalized spacial score (nSPS) is 11.8. The van der Waals surface area contributed by atoms with Crippen molar-refractivity contribution in [2.45, 2.75) is 6.18 Å². The zero-order valence-corrected chi connectivity index (χ0v) is 10.4. The Bertz CT molecular complexity index is 485. The maximum Gasteiger partial charge on any atom is 0.419 e. The molecule has 0 aromatic heterocycles. The standard InChI is InChI=1S/C12H10ClF4NO/c13-5-1-2-6-18-11(19)8-3-4-10(14)9(7-8)12(15,16)17/h1-4,7H,5-6H2,(H,18,19)/b2-1+. The molecule has 0 aliphatic carbocycles. The average molecular weight is 296 g/mol. The first-order valence-corrected chi connectivity index (χ1v) is 5.75. The molecule has 1 N–H and O–H groups in total. The molecule has 104 valence electrons. The summed E-state index contributed by atoms with van der Waals surface area (Å²) in [6, 6.07) is 2.09. The van der Waals surface area contributed by atoms with Crippen LogP contribution < -0.4 is 5.32 Å². The van der Waals surface area contributed by atoms with Crippen molar-refractivity contribution in [2.24, 2.45) is 0 Å². The second kappa shape index (κ2) is 6.56. The van der Waals surface area contributed by atoms with E-state index in [-0.39, 0.29) is 18.0 Å². The number of rotatable bonds is 4. The van der Waals surface area contributed by atoms with E-state index < -0.39 is 23.5 Å². The number of nitrogens with one attached hydrogen (secondary N) is 1. The Morgan fingerprint density at radius 1 is 1.32 bits per heavy atom. The van der Waals surface area contributed by atoms with E-state index in [1.54, 1.807) is 12.2 Å². The molecule has 0 saturated carbocycles. The minimum absolute atomic E-state index is 0.129. The number of alkyl halides is 4. The molecule has 0 radical (unpaired) electrons. The van der Waals surface area contributed by atoms with Gasteiger partial charge in [-0.15, -0.1) is 11.6 Å². The van der Waals surface area contributed by atoms with Crippen LogP contribution in [0.5, 0.6) is 0 Å². The number of carbonyl (C=O) groups is 1. The van der Waals surface area contributed by atoms with Gasteiger partial charge in [0.25, 0.3) is 5.91 Å². The molecule has 0 aliphatic rings. The highest BCUT2D eigenvalue weighted by Gasteiger charge is 2.34. The lowest BCUT2D eigenvalue weighted by atomic mass is 10.1. The summed E-state index contributed by atoms with van der Waals surface area (Å²) in [7, 11) is 0. The summed E-state index contributed by atoms with van der Waals surface area (Å²) in [5, 5.41) is 2.36. The van der Waals surface area contributed by atoms with E-state index in [0.717, 1.165) is 6.07 Å². The zero-order valence-electron chi connectivity index (χ0n) is 9.60. The van der Waals surface area contributed by atoms with Gasteiger partial charge in [0, 0.05) is 18.0 Å². The SMILES string of the molecule is O=C(NC/C=C/CCl)c1ccc(F)c(C(F)(F)F)c1. The van der Waals surface area contributed by atoms with E-state index in [1.165, 1.54) is 0 Å². The van der Waals surface area contributed by atoms with Crippen molar-refractivity contribution in [3.63, 3.8) is 0 Å². The van der Waals surface area contributed by atoms with Crippen molar-refractivity contribution >= 4 is 17.5 Å². The molecule has 1 rings (SSSR count). The van der Waals surface area contributed by atoms with Crippen LogP contribution in [-0.2, 0) is 6.18 Å². The first kappa shape index (κ1) is 15.5. The summed E-state index contributed by atoms with van der Waals surface area (Å²) < 4.78 is 50.3. The Kier molecular flexibility index (Phi) is 5.35. The number of allylic oxidation sites excluding steroid dienone is 1. The van der Waals surface area contributed by atoms with E-state index >= 15 is 0 Å². The van der Waals surface area contributed by atoms with Crippen molar-refractivity contribution in [3.8, 4) is 0 Å². The Balaban J connectivity index is 2.84. The van der Waals surface area contributed by atoms with Gasteiger partial charge in [-0.05, 0) is 18.2 Å². The molecule has 19 heavy (non-hydrogen) atoms. The van der Waals surface area contributed by atoms with Gasteiger partial charge in [0.1, 0.15) is 5.82 Å². The highest BCUT2D eigenvalue weighted by molar-refractivity contribution is 6.18. The van der Waals surface area contributed by atoms with Crippen LogP contribution in [0.25, 0.3) is 0 Å². The second-order valence-corrected chi connectivity index (χ2v) is 3.84. The van der Waals surface area contributed by atoms with Gasteiger partial charge in [-0.3, -0.25) is 4.79 Å². The Labute approximate surface area is 112 Å². The first-order valence-electron chi connectivity index (χ1n) is 5.22. The molecule has 0 unspecified atom stereocenters. The van der Waals surface area contributed by atoms with Gasteiger partial charge in [0.15, 0.2) is 0 Å². The van der Waals surface area contributed by atoms with Gasteiger partial charge in [-0.25, -0.2) is 4.39 Å². The fraction of sp³-hybridized carbons (Fsp3) is 0.250. The number of amides is 1. The average Bonchev–Trinajstić information content (AvgIpc) is 2.33. The number of hydrogen-bond donors (Lipinski definition) is 1. The van der Waals surface area contributed by atoms with E-state index in [1.807, 2.05) is 0 Å². The molecule has 0 fully saturated rings. The molecule has 0 aliphatic heterocycles. The van der Waals surface area contributed by atoms with Gasteiger partial charge < -0.3 is 5.32 Å².